The second kappa shape index (κ2) is 9.41. The van der Waals surface area contributed by atoms with Gasteiger partial charge in [-0.3, -0.25) is 9.59 Å². The maximum Gasteiger partial charge on any atom is 0.261 e. The second-order valence-electron chi connectivity index (χ2n) is 6.87. The fraction of sp³-hybridized carbons (Fsp3) is 0.364. The molecular weight excluding hydrogens is 375 g/mol. The van der Waals surface area contributed by atoms with Gasteiger partial charge >= 0.3 is 0 Å². The topological polar surface area (TPSA) is 59.1 Å². The zero-order valence-corrected chi connectivity index (χ0v) is 16.7. The van der Waals surface area contributed by atoms with Crippen LogP contribution in [-0.4, -0.2) is 62.0 Å². The van der Waals surface area contributed by atoms with E-state index in [2.05, 4.69) is 0 Å². The number of ether oxygens (including phenoxy) is 2. The summed E-state index contributed by atoms with van der Waals surface area (Å²) in [6, 6.07) is 11.2. The quantitative estimate of drug-likeness (QED) is 0.775. The van der Waals surface area contributed by atoms with Crippen molar-refractivity contribution in [1.82, 2.24) is 9.80 Å². The summed E-state index contributed by atoms with van der Waals surface area (Å²) in [4.78, 5) is 29.3. The summed E-state index contributed by atoms with van der Waals surface area (Å²) in [5.74, 6) is 0.399. The van der Waals surface area contributed by atoms with Crippen molar-refractivity contribution >= 4 is 11.8 Å². The normalized spacial score (nSPS) is 14.3. The van der Waals surface area contributed by atoms with Gasteiger partial charge in [0.15, 0.2) is 0 Å². The van der Waals surface area contributed by atoms with E-state index in [0.29, 0.717) is 49.7 Å². The minimum Gasteiger partial charge on any atom is -0.496 e. The highest BCUT2D eigenvalue weighted by atomic mass is 19.1. The van der Waals surface area contributed by atoms with Crippen LogP contribution in [0.4, 0.5) is 4.39 Å². The van der Waals surface area contributed by atoms with Crippen molar-refractivity contribution in [2.45, 2.75) is 12.8 Å². The number of carbonyl (C=O) groups excluding carboxylic acids is 2. The summed E-state index contributed by atoms with van der Waals surface area (Å²) in [5, 5.41) is 0. The molecule has 0 aliphatic carbocycles. The van der Waals surface area contributed by atoms with Crippen molar-refractivity contribution in [3.8, 4) is 11.5 Å². The zero-order chi connectivity index (χ0) is 20.8. The third-order valence-corrected chi connectivity index (χ3v) is 5.05. The zero-order valence-electron chi connectivity index (χ0n) is 16.7. The van der Waals surface area contributed by atoms with Gasteiger partial charge in [-0.1, -0.05) is 18.2 Å². The van der Waals surface area contributed by atoms with Crippen molar-refractivity contribution in [3.63, 3.8) is 0 Å². The Kier molecular flexibility index (Phi) is 6.69. The van der Waals surface area contributed by atoms with Crippen molar-refractivity contribution < 1.29 is 23.5 Å². The Morgan fingerprint density at radius 2 is 1.48 bits per heavy atom. The average molecular weight is 400 g/mol. The summed E-state index contributed by atoms with van der Waals surface area (Å²) in [5.41, 5.74) is 1.16. The molecule has 1 aliphatic rings. The van der Waals surface area contributed by atoms with Crippen LogP contribution in [-0.2, 0) is 11.2 Å². The van der Waals surface area contributed by atoms with E-state index in [0.717, 1.165) is 5.56 Å². The molecule has 7 heteroatoms. The van der Waals surface area contributed by atoms with Gasteiger partial charge in [0.25, 0.3) is 5.91 Å². The molecule has 2 aromatic carbocycles. The molecule has 2 aromatic rings. The summed E-state index contributed by atoms with van der Waals surface area (Å²) in [6.45, 7) is 1.99. The molecule has 0 saturated carbocycles. The standard InChI is InChI=1S/C22H25FN2O4/c1-28-18-5-3-6-19(29-2)21(18)22(27)25-12-4-11-24(13-14-25)20(26)15-16-7-9-17(23)10-8-16/h3,5-10H,4,11-15H2,1-2H3. The van der Waals surface area contributed by atoms with Gasteiger partial charge in [-0.25, -0.2) is 4.39 Å². The summed E-state index contributed by atoms with van der Waals surface area (Å²) in [7, 11) is 3.04. The first-order chi connectivity index (χ1) is 14.0. The number of halogens is 1. The van der Waals surface area contributed by atoms with E-state index in [1.165, 1.54) is 26.4 Å². The number of amides is 2. The number of hydrogen-bond donors (Lipinski definition) is 0. The highest BCUT2D eigenvalue weighted by Gasteiger charge is 2.27. The van der Waals surface area contributed by atoms with Gasteiger partial charge in [-0.05, 0) is 36.2 Å². The van der Waals surface area contributed by atoms with Crippen LogP contribution in [0.2, 0.25) is 0 Å². The van der Waals surface area contributed by atoms with Gasteiger partial charge in [0.2, 0.25) is 5.91 Å². The Morgan fingerprint density at radius 3 is 2.10 bits per heavy atom. The van der Waals surface area contributed by atoms with Crippen LogP contribution in [0.3, 0.4) is 0 Å². The van der Waals surface area contributed by atoms with Crippen LogP contribution in [0.25, 0.3) is 0 Å². The second-order valence-corrected chi connectivity index (χ2v) is 6.87. The maximum atomic E-state index is 13.1. The Bertz CT molecular complexity index is 847. The average Bonchev–Trinajstić information content (AvgIpc) is 3.00. The van der Waals surface area contributed by atoms with Gasteiger partial charge in [0.1, 0.15) is 22.9 Å². The molecule has 0 bridgehead atoms. The van der Waals surface area contributed by atoms with Crippen molar-refractivity contribution in [2.24, 2.45) is 0 Å². The van der Waals surface area contributed by atoms with E-state index in [-0.39, 0.29) is 24.1 Å². The molecule has 0 radical (unpaired) electrons. The van der Waals surface area contributed by atoms with Crippen LogP contribution in [0.5, 0.6) is 11.5 Å². The van der Waals surface area contributed by atoms with Gasteiger partial charge in [-0.15, -0.1) is 0 Å². The molecule has 3 rings (SSSR count). The molecule has 6 nitrogen and oxygen atoms in total. The third kappa shape index (κ3) is 4.85. The monoisotopic (exact) mass is 400 g/mol. The van der Waals surface area contributed by atoms with Crippen LogP contribution in [0, 0.1) is 5.82 Å². The van der Waals surface area contributed by atoms with Gasteiger partial charge in [0.05, 0.1) is 20.6 Å². The van der Waals surface area contributed by atoms with Crippen molar-refractivity contribution in [2.75, 3.05) is 40.4 Å². The van der Waals surface area contributed by atoms with E-state index in [1.54, 1.807) is 40.1 Å². The third-order valence-electron chi connectivity index (χ3n) is 5.05. The van der Waals surface area contributed by atoms with E-state index < -0.39 is 0 Å². The molecule has 0 atom stereocenters. The van der Waals surface area contributed by atoms with Crippen LogP contribution < -0.4 is 9.47 Å². The van der Waals surface area contributed by atoms with Crippen LogP contribution >= 0.6 is 0 Å². The molecule has 0 N–H and O–H groups in total. The lowest BCUT2D eigenvalue weighted by atomic mass is 10.1. The van der Waals surface area contributed by atoms with Crippen LogP contribution in [0.15, 0.2) is 42.5 Å². The van der Waals surface area contributed by atoms with Gasteiger partial charge in [-0.2, -0.15) is 0 Å². The first-order valence-corrected chi connectivity index (χ1v) is 9.56. The predicted molar refractivity (Wildman–Crippen MR) is 107 cm³/mol. The van der Waals surface area contributed by atoms with E-state index in [9.17, 15) is 14.0 Å². The minimum atomic E-state index is -0.322. The number of benzene rings is 2. The largest absolute Gasteiger partial charge is 0.496 e. The number of nitrogens with zero attached hydrogens (tertiary/aromatic N) is 2. The Hall–Kier alpha value is -3.09. The highest BCUT2D eigenvalue weighted by Crippen LogP contribution is 2.29. The molecule has 0 unspecified atom stereocenters. The van der Waals surface area contributed by atoms with E-state index >= 15 is 0 Å². The fourth-order valence-electron chi connectivity index (χ4n) is 3.48. The molecule has 0 aromatic heterocycles. The minimum absolute atomic E-state index is 0.0271. The molecule has 2 amide bonds. The Labute approximate surface area is 169 Å². The summed E-state index contributed by atoms with van der Waals surface area (Å²) >= 11 is 0. The number of methoxy groups -OCH3 is 2. The van der Waals surface area contributed by atoms with E-state index in [1.807, 2.05) is 0 Å². The number of rotatable bonds is 5. The molecule has 154 valence electrons. The fourth-order valence-corrected chi connectivity index (χ4v) is 3.48. The SMILES string of the molecule is COc1cccc(OC)c1C(=O)N1CCCN(C(=O)Cc2ccc(F)cc2)CC1. The predicted octanol–water partition coefficient (Wildman–Crippen LogP) is 2.76. The van der Waals surface area contributed by atoms with Gasteiger partial charge < -0.3 is 19.3 Å². The molecule has 1 saturated heterocycles. The van der Waals surface area contributed by atoms with E-state index in [4.69, 9.17) is 9.47 Å². The summed E-state index contributed by atoms with van der Waals surface area (Å²) in [6.07, 6.45) is 0.896. The first kappa shape index (κ1) is 20.6. The molecule has 0 spiro atoms. The molecule has 1 heterocycles. The smallest absolute Gasteiger partial charge is 0.261 e. The lowest BCUT2D eigenvalue weighted by Crippen LogP contribution is -2.38. The lowest BCUT2D eigenvalue weighted by Gasteiger charge is -2.23. The molecule has 29 heavy (non-hydrogen) atoms. The maximum absolute atomic E-state index is 13.1. The van der Waals surface area contributed by atoms with Gasteiger partial charge in [0, 0.05) is 26.2 Å². The highest BCUT2D eigenvalue weighted by molar-refractivity contribution is 5.99. The number of hydrogen-bond acceptors (Lipinski definition) is 4. The first-order valence-electron chi connectivity index (χ1n) is 9.56. The summed E-state index contributed by atoms with van der Waals surface area (Å²) < 4.78 is 23.7. The van der Waals surface area contributed by atoms with Crippen LogP contribution in [0.1, 0.15) is 22.3 Å². The van der Waals surface area contributed by atoms with Crippen molar-refractivity contribution in [1.29, 1.82) is 0 Å². The molecule has 1 aliphatic heterocycles. The number of carbonyl (C=O) groups is 2. The lowest BCUT2D eigenvalue weighted by molar-refractivity contribution is -0.130. The Balaban J connectivity index is 1.67. The molecule has 1 fully saturated rings. The molecular formula is C22H25FN2O4. The Morgan fingerprint density at radius 1 is 0.897 bits per heavy atom. The van der Waals surface area contributed by atoms with Crippen molar-refractivity contribution in [3.05, 3.63) is 59.4 Å².